The lowest BCUT2D eigenvalue weighted by atomic mass is 10.1. The van der Waals surface area contributed by atoms with E-state index in [0.717, 1.165) is 18.8 Å². The van der Waals surface area contributed by atoms with Gasteiger partial charge in [-0.1, -0.05) is 23.2 Å². The molecule has 0 aliphatic carbocycles. The van der Waals surface area contributed by atoms with E-state index in [0.29, 0.717) is 29.5 Å². The van der Waals surface area contributed by atoms with E-state index in [2.05, 4.69) is 14.9 Å². The highest BCUT2D eigenvalue weighted by molar-refractivity contribution is 7.92. The zero-order chi connectivity index (χ0) is 23.4. The zero-order valence-electron chi connectivity index (χ0n) is 17.4. The van der Waals surface area contributed by atoms with Crippen molar-refractivity contribution < 1.29 is 17.9 Å². The summed E-state index contributed by atoms with van der Waals surface area (Å²) in [7, 11) is -3.87. The number of sulfonamides is 1. The third-order valence-electron chi connectivity index (χ3n) is 5.10. The fourth-order valence-corrected chi connectivity index (χ4v) is 4.93. The maximum atomic E-state index is 12.7. The molecule has 1 aliphatic rings. The molecule has 0 bridgehead atoms. The molecule has 0 atom stereocenters. The molecule has 172 valence electrons. The molecule has 0 radical (unpaired) electrons. The van der Waals surface area contributed by atoms with Crippen molar-refractivity contribution in [2.75, 3.05) is 41.2 Å². The highest BCUT2D eigenvalue weighted by Gasteiger charge is 2.17. The maximum Gasteiger partial charge on any atom is 0.261 e. The number of anilines is 3. The van der Waals surface area contributed by atoms with Gasteiger partial charge in [0.05, 0.1) is 28.8 Å². The Balaban J connectivity index is 1.41. The lowest BCUT2D eigenvalue weighted by molar-refractivity contribution is 0.102. The lowest BCUT2D eigenvalue weighted by Crippen LogP contribution is -2.36. The van der Waals surface area contributed by atoms with Gasteiger partial charge in [0, 0.05) is 35.1 Å². The Morgan fingerprint density at radius 2 is 1.58 bits per heavy atom. The number of morpholine rings is 1. The van der Waals surface area contributed by atoms with Crippen LogP contribution in [0.25, 0.3) is 0 Å². The number of rotatable bonds is 6. The van der Waals surface area contributed by atoms with Crippen LogP contribution in [0.1, 0.15) is 10.4 Å². The van der Waals surface area contributed by atoms with Crippen molar-refractivity contribution >= 4 is 56.2 Å². The van der Waals surface area contributed by atoms with E-state index in [1.165, 1.54) is 42.5 Å². The van der Waals surface area contributed by atoms with Gasteiger partial charge in [0.1, 0.15) is 0 Å². The molecule has 4 rings (SSSR count). The van der Waals surface area contributed by atoms with E-state index in [1.807, 2.05) is 12.1 Å². The minimum absolute atomic E-state index is 0.0291. The summed E-state index contributed by atoms with van der Waals surface area (Å²) < 4.78 is 33.1. The van der Waals surface area contributed by atoms with Crippen LogP contribution in [0, 0.1) is 0 Å². The van der Waals surface area contributed by atoms with E-state index < -0.39 is 10.0 Å². The smallest absolute Gasteiger partial charge is 0.261 e. The van der Waals surface area contributed by atoms with E-state index >= 15 is 0 Å². The van der Waals surface area contributed by atoms with E-state index in [4.69, 9.17) is 27.9 Å². The van der Waals surface area contributed by atoms with Crippen molar-refractivity contribution in [3.8, 4) is 0 Å². The Kier molecular flexibility index (Phi) is 7.09. The third kappa shape index (κ3) is 5.78. The van der Waals surface area contributed by atoms with Gasteiger partial charge in [-0.2, -0.15) is 0 Å². The molecule has 1 heterocycles. The number of hydrogen-bond acceptors (Lipinski definition) is 5. The molecule has 2 N–H and O–H groups in total. The molecule has 1 aliphatic heterocycles. The standard InChI is InChI=1S/C23H21Cl2N3O4S/c24-17-3-10-22(21(25)15-17)27-33(30,31)20-8-4-18(5-9-20)26-23(29)16-1-6-19(7-2-16)28-11-13-32-14-12-28/h1-10,15,27H,11-14H2,(H,26,29). The van der Waals surface area contributed by atoms with Gasteiger partial charge < -0.3 is 15.0 Å². The van der Waals surface area contributed by atoms with Crippen LogP contribution in [0.2, 0.25) is 10.0 Å². The van der Waals surface area contributed by atoms with Crippen LogP contribution in [0.3, 0.4) is 0 Å². The quantitative estimate of drug-likeness (QED) is 0.498. The molecule has 0 saturated carbocycles. The highest BCUT2D eigenvalue weighted by atomic mass is 35.5. The van der Waals surface area contributed by atoms with Gasteiger partial charge >= 0.3 is 0 Å². The van der Waals surface area contributed by atoms with Crippen LogP contribution in [0.4, 0.5) is 17.1 Å². The van der Waals surface area contributed by atoms with Gasteiger partial charge in [0.2, 0.25) is 0 Å². The Morgan fingerprint density at radius 1 is 0.909 bits per heavy atom. The van der Waals surface area contributed by atoms with Crippen molar-refractivity contribution in [2.45, 2.75) is 4.90 Å². The molecule has 3 aromatic carbocycles. The Bertz CT molecular complexity index is 1240. The van der Waals surface area contributed by atoms with Gasteiger partial charge in [-0.15, -0.1) is 0 Å². The van der Waals surface area contributed by atoms with Gasteiger partial charge in [-0.25, -0.2) is 8.42 Å². The van der Waals surface area contributed by atoms with Gasteiger partial charge in [0.15, 0.2) is 0 Å². The molecular formula is C23H21Cl2N3O4S. The number of carbonyl (C=O) groups excluding carboxylic acids is 1. The molecule has 7 nitrogen and oxygen atoms in total. The van der Waals surface area contributed by atoms with Gasteiger partial charge in [-0.3, -0.25) is 9.52 Å². The monoisotopic (exact) mass is 505 g/mol. The molecule has 1 saturated heterocycles. The van der Waals surface area contributed by atoms with Crippen LogP contribution < -0.4 is 14.9 Å². The zero-order valence-corrected chi connectivity index (χ0v) is 19.8. The summed E-state index contributed by atoms with van der Waals surface area (Å²) in [6, 6.07) is 17.7. The van der Waals surface area contributed by atoms with E-state index in [-0.39, 0.29) is 21.5 Å². The first-order chi connectivity index (χ1) is 15.8. The average molecular weight is 506 g/mol. The van der Waals surface area contributed by atoms with Crippen molar-refractivity contribution in [3.63, 3.8) is 0 Å². The topological polar surface area (TPSA) is 87.7 Å². The number of nitrogens with zero attached hydrogens (tertiary/aromatic N) is 1. The Hall–Kier alpha value is -2.78. The number of carbonyl (C=O) groups is 1. The van der Waals surface area contributed by atoms with Crippen molar-refractivity contribution in [1.29, 1.82) is 0 Å². The Labute approximate surface area is 202 Å². The summed E-state index contributed by atoms with van der Waals surface area (Å²) in [5.74, 6) is -0.287. The average Bonchev–Trinajstić information content (AvgIpc) is 2.82. The van der Waals surface area contributed by atoms with Crippen molar-refractivity contribution in [2.24, 2.45) is 0 Å². The van der Waals surface area contributed by atoms with Crippen LogP contribution >= 0.6 is 23.2 Å². The van der Waals surface area contributed by atoms with Crippen molar-refractivity contribution in [1.82, 2.24) is 0 Å². The molecule has 0 unspecified atom stereocenters. The summed E-state index contributed by atoms with van der Waals surface area (Å²) in [5.41, 5.74) is 2.24. The summed E-state index contributed by atoms with van der Waals surface area (Å²) in [6.45, 7) is 3.02. The number of hydrogen-bond donors (Lipinski definition) is 2. The normalized spacial score (nSPS) is 14.1. The molecule has 0 aromatic heterocycles. The van der Waals surface area contributed by atoms with E-state index in [1.54, 1.807) is 12.1 Å². The SMILES string of the molecule is O=C(Nc1ccc(S(=O)(=O)Nc2ccc(Cl)cc2Cl)cc1)c1ccc(N2CCOCC2)cc1. The number of amides is 1. The Morgan fingerprint density at radius 3 is 2.21 bits per heavy atom. The first kappa shape index (κ1) is 23.4. The second-order valence-corrected chi connectivity index (χ2v) is 9.88. The molecule has 0 spiro atoms. The summed E-state index contributed by atoms with van der Waals surface area (Å²) in [5, 5.41) is 3.37. The summed E-state index contributed by atoms with van der Waals surface area (Å²) in [6.07, 6.45) is 0. The maximum absolute atomic E-state index is 12.7. The number of nitrogens with one attached hydrogen (secondary N) is 2. The van der Waals surface area contributed by atoms with Crippen LogP contribution in [0.15, 0.2) is 71.6 Å². The van der Waals surface area contributed by atoms with Crippen LogP contribution in [-0.4, -0.2) is 40.6 Å². The van der Waals surface area contributed by atoms with Gasteiger partial charge in [-0.05, 0) is 66.7 Å². The third-order valence-corrected chi connectivity index (χ3v) is 7.03. The van der Waals surface area contributed by atoms with Crippen molar-refractivity contribution in [3.05, 3.63) is 82.3 Å². The predicted molar refractivity (Wildman–Crippen MR) is 131 cm³/mol. The van der Waals surface area contributed by atoms with Crippen LogP contribution in [0.5, 0.6) is 0 Å². The predicted octanol–water partition coefficient (Wildman–Crippen LogP) is 4.88. The first-order valence-electron chi connectivity index (χ1n) is 10.1. The largest absolute Gasteiger partial charge is 0.378 e. The number of ether oxygens (including phenoxy) is 1. The first-order valence-corrected chi connectivity index (χ1v) is 12.4. The summed E-state index contributed by atoms with van der Waals surface area (Å²) in [4.78, 5) is 14.8. The molecule has 33 heavy (non-hydrogen) atoms. The molecular weight excluding hydrogens is 485 g/mol. The van der Waals surface area contributed by atoms with Crippen LogP contribution in [-0.2, 0) is 14.8 Å². The van der Waals surface area contributed by atoms with E-state index in [9.17, 15) is 13.2 Å². The number of halogens is 2. The molecule has 1 fully saturated rings. The fraction of sp³-hybridized carbons (Fsp3) is 0.174. The highest BCUT2D eigenvalue weighted by Crippen LogP contribution is 2.28. The fourth-order valence-electron chi connectivity index (χ4n) is 3.34. The second kappa shape index (κ2) is 10.0. The molecule has 3 aromatic rings. The van der Waals surface area contributed by atoms with Gasteiger partial charge in [0.25, 0.3) is 15.9 Å². The minimum Gasteiger partial charge on any atom is -0.378 e. The minimum atomic E-state index is -3.87. The second-order valence-electron chi connectivity index (χ2n) is 7.35. The summed E-state index contributed by atoms with van der Waals surface area (Å²) >= 11 is 11.9. The lowest BCUT2D eigenvalue weighted by Gasteiger charge is -2.28. The molecule has 10 heteroatoms. The number of benzene rings is 3. The molecule has 1 amide bonds.